The first-order valence-electron chi connectivity index (χ1n) is 5.48. The molecule has 1 N–H and O–H groups in total. The van der Waals surface area contributed by atoms with E-state index in [1.807, 2.05) is 42.5 Å². The largest absolute Gasteiger partial charge is 0.481 e. The molecule has 0 radical (unpaired) electrons. The number of hydrogen-bond donors (Lipinski definition) is 1. The van der Waals surface area contributed by atoms with E-state index < -0.39 is 5.97 Å². The minimum atomic E-state index is -0.818. The quantitative estimate of drug-likeness (QED) is 0.847. The lowest BCUT2D eigenvalue weighted by Gasteiger charge is -2.04. The van der Waals surface area contributed by atoms with Crippen LogP contribution < -0.4 is 0 Å². The molecule has 0 bridgehead atoms. The summed E-state index contributed by atoms with van der Waals surface area (Å²) in [6, 6.07) is 13.3. The highest BCUT2D eigenvalue weighted by Gasteiger charge is 2.03. The number of carboxylic acids is 1. The Hall–Kier alpha value is -0.970. The molecule has 0 spiro atoms. The second-order valence-corrected chi connectivity index (χ2v) is 6.30. The zero-order valence-electron chi connectivity index (χ0n) is 9.77. The van der Waals surface area contributed by atoms with E-state index in [9.17, 15) is 4.79 Å². The van der Waals surface area contributed by atoms with Crippen LogP contribution in [0.25, 0.3) is 0 Å². The summed E-state index contributed by atoms with van der Waals surface area (Å²) in [5.74, 6) is -0.818. The summed E-state index contributed by atoms with van der Waals surface area (Å²) < 4.78 is 0.863. The van der Waals surface area contributed by atoms with Crippen molar-refractivity contribution < 1.29 is 9.90 Å². The van der Waals surface area contributed by atoms with Gasteiger partial charge in [-0.15, -0.1) is 0 Å². The highest BCUT2D eigenvalue weighted by Crippen LogP contribution is 2.32. The van der Waals surface area contributed by atoms with Crippen LogP contribution in [-0.2, 0) is 11.2 Å². The molecule has 5 heteroatoms. The molecular weight excluding hydrogens is 348 g/mol. The average molecular weight is 358 g/mol. The van der Waals surface area contributed by atoms with Crippen molar-refractivity contribution in [1.82, 2.24) is 0 Å². The van der Waals surface area contributed by atoms with Crippen molar-refractivity contribution in [1.29, 1.82) is 0 Å². The van der Waals surface area contributed by atoms with Crippen LogP contribution in [-0.4, -0.2) is 11.1 Å². The van der Waals surface area contributed by atoms with Gasteiger partial charge in [0.25, 0.3) is 0 Å². The SMILES string of the molecule is O=C(O)Cc1ccc(Sc2ccc(Cl)c(Br)c2)cc1. The lowest BCUT2D eigenvalue weighted by Crippen LogP contribution is -1.99. The molecular formula is C14H10BrClO2S. The van der Waals surface area contributed by atoms with E-state index in [0.717, 1.165) is 19.8 Å². The number of rotatable bonds is 4. The number of carbonyl (C=O) groups is 1. The van der Waals surface area contributed by atoms with Gasteiger partial charge < -0.3 is 5.11 Å². The van der Waals surface area contributed by atoms with Crippen molar-refractivity contribution in [2.75, 3.05) is 0 Å². The summed E-state index contributed by atoms with van der Waals surface area (Å²) >= 11 is 10.9. The van der Waals surface area contributed by atoms with Crippen molar-refractivity contribution in [2.45, 2.75) is 16.2 Å². The maximum absolute atomic E-state index is 10.6. The first kappa shape index (κ1) is 14.4. The molecule has 2 rings (SSSR count). The molecule has 2 aromatic rings. The van der Waals surface area contributed by atoms with E-state index in [4.69, 9.17) is 16.7 Å². The van der Waals surface area contributed by atoms with E-state index in [0.29, 0.717) is 5.02 Å². The fraction of sp³-hybridized carbons (Fsp3) is 0.0714. The maximum Gasteiger partial charge on any atom is 0.307 e. The summed E-state index contributed by atoms with van der Waals surface area (Å²) in [5, 5.41) is 9.39. The lowest BCUT2D eigenvalue weighted by molar-refractivity contribution is -0.136. The van der Waals surface area contributed by atoms with Gasteiger partial charge in [-0.1, -0.05) is 35.5 Å². The van der Waals surface area contributed by atoms with Crippen molar-refractivity contribution in [2.24, 2.45) is 0 Å². The Balaban J connectivity index is 2.10. The number of aliphatic carboxylic acids is 1. The Kier molecular flexibility index (Phi) is 4.91. The number of benzene rings is 2. The standard InChI is InChI=1S/C14H10BrClO2S/c15-12-8-11(5-6-13(12)16)19-10-3-1-9(2-4-10)7-14(17)18/h1-6,8H,7H2,(H,17,18). The molecule has 19 heavy (non-hydrogen) atoms. The molecule has 0 unspecified atom stereocenters. The van der Waals surface area contributed by atoms with E-state index in [-0.39, 0.29) is 6.42 Å². The van der Waals surface area contributed by atoms with Crippen LogP contribution >= 0.6 is 39.3 Å². The van der Waals surface area contributed by atoms with Gasteiger partial charge in [-0.2, -0.15) is 0 Å². The predicted molar refractivity (Wildman–Crippen MR) is 81.1 cm³/mol. The third-order valence-electron chi connectivity index (χ3n) is 2.41. The smallest absolute Gasteiger partial charge is 0.307 e. The molecule has 0 fully saturated rings. The zero-order valence-corrected chi connectivity index (χ0v) is 12.9. The topological polar surface area (TPSA) is 37.3 Å². The van der Waals surface area contributed by atoms with Crippen LogP contribution in [0.2, 0.25) is 5.02 Å². The molecule has 98 valence electrons. The summed E-state index contributed by atoms with van der Waals surface area (Å²) in [6.45, 7) is 0. The Morgan fingerprint density at radius 1 is 1.16 bits per heavy atom. The van der Waals surface area contributed by atoms with Gasteiger partial charge in [-0.25, -0.2) is 0 Å². The molecule has 0 aliphatic carbocycles. The molecule has 0 saturated heterocycles. The fourth-order valence-corrected chi connectivity index (χ4v) is 3.03. The molecule has 0 amide bonds. The Labute approximate surface area is 128 Å². The fourth-order valence-electron chi connectivity index (χ4n) is 1.53. The molecule has 2 nitrogen and oxygen atoms in total. The van der Waals surface area contributed by atoms with Crippen molar-refractivity contribution in [3.05, 3.63) is 57.5 Å². The van der Waals surface area contributed by atoms with E-state index >= 15 is 0 Å². The normalized spacial score (nSPS) is 10.4. The minimum Gasteiger partial charge on any atom is -0.481 e. The summed E-state index contributed by atoms with van der Waals surface area (Å²) in [4.78, 5) is 12.7. The third kappa shape index (κ3) is 4.27. The Morgan fingerprint density at radius 3 is 2.37 bits per heavy atom. The highest BCUT2D eigenvalue weighted by molar-refractivity contribution is 9.10. The number of halogens is 2. The number of hydrogen-bond acceptors (Lipinski definition) is 2. The monoisotopic (exact) mass is 356 g/mol. The summed E-state index contributed by atoms with van der Waals surface area (Å²) in [6.07, 6.45) is 0.0530. The van der Waals surface area contributed by atoms with Gasteiger partial charge in [0, 0.05) is 14.3 Å². The first-order valence-corrected chi connectivity index (χ1v) is 7.47. The highest BCUT2D eigenvalue weighted by atomic mass is 79.9. The van der Waals surface area contributed by atoms with Crippen LogP contribution in [0.5, 0.6) is 0 Å². The van der Waals surface area contributed by atoms with Crippen molar-refractivity contribution >= 4 is 45.3 Å². The molecule has 0 heterocycles. The lowest BCUT2D eigenvalue weighted by atomic mass is 10.2. The summed E-state index contributed by atoms with van der Waals surface area (Å²) in [7, 11) is 0. The van der Waals surface area contributed by atoms with Gasteiger partial charge in [0.1, 0.15) is 0 Å². The second kappa shape index (κ2) is 6.46. The summed E-state index contributed by atoms with van der Waals surface area (Å²) in [5.41, 5.74) is 0.800. The molecule has 0 aromatic heterocycles. The first-order chi connectivity index (χ1) is 9.04. The maximum atomic E-state index is 10.6. The van der Waals surface area contributed by atoms with Crippen LogP contribution in [0, 0.1) is 0 Å². The van der Waals surface area contributed by atoms with Gasteiger partial charge in [0.05, 0.1) is 11.4 Å². The zero-order chi connectivity index (χ0) is 13.8. The van der Waals surface area contributed by atoms with Gasteiger partial charge >= 0.3 is 5.97 Å². The van der Waals surface area contributed by atoms with E-state index in [2.05, 4.69) is 15.9 Å². The molecule has 0 atom stereocenters. The second-order valence-electron chi connectivity index (χ2n) is 3.89. The molecule has 0 aliphatic heterocycles. The van der Waals surface area contributed by atoms with Crippen molar-refractivity contribution in [3.63, 3.8) is 0 Å². The van der Waals surface area contributed by atoms with Crippen LogP contribution in [0.3, 0.4) is 0 Å². The molecule has 0 saturated carbocycles. The Bertz CT molecular complexity index is 599. The molecule has 0 aliphatic rings. The number of carboxylic acid groups (broad SMARTS) is 1. The van der Waals surface area contributed by atoms with E-state index in [1.54, 1.807) is 11.8 Å². The van der Waals surface area contributed by atoms with Crippen LogP contribution in [0.15, 0.2) is 56.7 Å². The van der Waals surface area contributed by atoms with Crippen LogP contribution in [0.1, 0.15) is 5.56 Å². The van der Waals surface area contributed by atoms with Crippen LogP contribution in [0.4, 0.5) is 0 Å². The van der Waals surface area contributed by atoms with Gasteiger partial charge in [-0.3, -0.25) is 4.79 Å². The molecule has 2 aromatic carbocycles. The average Bonchev–Trinajstić information content (AvgIpc) is 2.36. The Morgan fingerprint density at radius 2 is 1.79 bits per heavy atom. The van der Waals surface area contributed by atoms with Crippen molar-refractivity contribution in [3.8, 4) is 0 Å². The third-order valence-corrected chi connectivity index (χ3v) is 4.62. The predicted octanol–water partition coefficient (Wildman–Crippen LogP) is 4.88. The van der Waals surface area contributed by atoms with Gasteiger partial charge in [0.15, 0.2) is 0 Å². The van der Waals surface area contributed by atoms with Gasteiger partial charge in [-0.05, 0) is 51.8 Å². The minimum absolute atomic E-state index is 0.0530. The van der Waals surface area contributed by atoms with E-state index in [1.165, 1.54) is 0 Å². The van der Waals surface area contributed by atoms with Gasteiger partial charge in [0.2, 0.25) is 0 Å².